The van der Waals surface area contributed by atoms with Crippen LogP contribution < -0.4 is 11.5 Å². The fraction of sp³-hybridized carbons (Fsp3) is 0.500. The highest BCUT2D eigenvalue weighted by atomic mass is 16.2. The second-order valence-corrected chi connectivity index (χ2v) is 4.44. The molecule has 8 heteroatoms. The van der Waals surface area contributed by atoms with Crippen LogP contribution in [-0.4, -0.2) is 59.6 Å². The maximum atomic E-state index is 11.4. The molecule has 8 nitrogen and oxygen atoms in total. The second-order valence-electron chi connectivity index (χ2n) is 4.44. The third-order valence-corrected chi connectivity index (χ3v) is 2.89. The van der Waals surface area contributed by atoms with E-state index in [1.54, 1.807) is 4.90 Å². The van der Waals surface area contributed by atoms with E-state index in [1.807, 2.05) is 0 Å². The number of rotatable bonds is 9. The summed E-state index contributed by atoms with van der Waals surface area (Å²) < 4.78 is 0. The van der Waals surface area contributed by atoms with Crippen molar-refractivity contribution < 1.29 is 19.2 Å². The molecular weight excluding hydrogens is 264 g/mol. The molecule has 0 radical (unpaired) electrons. The average molecular weight is 282 g/mol. The Morgan fingerprint density at radius 1 is 0.950 bits per heavy atom. The average Bonchev–Trinajstić information content (AvgIpc) is 2.68. The number of imide groups is 1. The predicted octanol–water partition coefficient (Wildman–Crippen LogP) is -2.04. The zero-order valence-corrected chi connectivity index (χ0v) is 11.1. The minimum Gasteiger partial charge on any atom is -0.370 e. The highest BCUT2D eigenvalue weighted by molar-refractivity contribution is 6.12. The predicted molar refractivity (Wildman–Crippen MR) is 69.9 cm³/mol. The molecule has 1 heterocycles. The van der Waals surface area contributed by atoms with E-state index in [1.165, 1.54) is 12.2 Å². The third-order valence-electron chi connectivity index (χ3n) is 2.89. The summed E-state index contributed by atoms with van der Waals surface area (Å²) in [6, 6.07) is 0. The van der Waals surface area contributed by atoms with E-state index in [0.717, 1.165) is 4.90 Å². The van der Waals surface area contributed by atoms with Gasteiger partial charge >= 0.3 is 0 Å². The topological polar surface area (TPSA) is 127 Å². The van der Waals surface area contributed by atoms with Gasteiger partial charge in [0.2, 0.25) is 11.8 Å². The monoisotopic (exact) mass is 282 g/mol. The van der Waals surface area contributed by atoms with Crippen LogP contribution >= 0.6 is 0 Å². The Balaban J connectivity index is 2.46. The molecule has 0 saturated carbocycles. The van der Waals surface area contributed by atoms with E-state index >= 15 is 0 Å². The minimum absolute atomic E-state index is 0.138. The van der Waals surface area contributed by atoms with Gasteiger partial charge in [0.05, 0.1) is 0 Å². The summed E-state index contributed by atoms with van der Waals surface area (Å²) in [6.07, 6.45) is 2.69. The van der Waals surface area contributed by atoms with Gasteiger partial charge in [0.15, 0.2) is 0 Å². The number of nitrogens with zero attached hydrogens (tertiary/aromatic N) is 2. The van der Waals surface area contributed by atoms with Crippen LogP contribution in [0.4, 0.5) is 0 Å². The lowest BCUT2D eigenvalue weighted by atomic mass is 10.3. The lowest BCUT2D eigenvalue weighted by molar-refractivity contribution is -0.137. The summed E-state index contributed by atoms with van der Waals surface area (Å²) in [5, 5.41) is 0. The normalized spacial score (nSPS) is 14.3. The van der Waals surface area contributed by atoms with Crippen LogP contribution in [0.2, 0.25) is 0 Å². The molecular formula is C12H18N4O4. The molecule has 0 bridgehead atoms. The molecule has 0 aromatic rings. The van der Waals surface area contributed by atoms with Crippen LogP contribution in [-0.2, 0) is 19.2 Å². The van der Waals surface area contributed by atoms with E-state index in [0.29, 0.717) is 19.6 Å². The molecule has 20 heavy (non-hydrogen) atoms. The van der Waals surface area contributed by atoms with E-state index in [2.05, 4.69) is 0 Å². The lowest BCUT2D eigenvalue weighted by Gasteiger charge is -2.23. The van der Waals surface area contributed by atoms with Crippen molar-refractivity contribution in [1.82, 2.24) is 9.80 Å². The summed E-state index contributed by atoms with van der Waals surface area (Å²) in [7, 11) is 0. The van der Waals surface area contributed by atoms with Crippen molar-refractivity contribution in [3.8, 4) is 0 Å². The maximum Gasteiger partial charge on any atom is 0.253 e. The molecule has 1 aliphatic rings. The third kappa shape index (κ3) is 5.19. The van der Waals surface area contributed by atoms with E-state index in [4.69, 9.17) is 11.5 Å². The van der Waals surface area contributed by atoms with Gasteiger partial charge < -0.3 is 16.4 Å². The standard InChI is InChI=1S/C12H18N4O4/c13-9(17)3-5-15(6-4-10(14)18)7-8-16-11(19)1-2-12(16)20/h1-2H,3-8H2,(H2,13,17)(H2,14,18). The summed E-state index contributed by atoms with van der Waals surface area (Å²) in [5.41, 5.74) is 10.1. The van der Waals surface area contributed by atoms with Crippen molar-refractivity contribution in [1.29, 1.82) is 0 Å². The van der Waals surface area contributed by atoms with Gasteiger partial charge in [-0.1, -0.05) is 0 Å². The molecule has 0 spiro atoms. The fourth-order valence-electron chi connectivity index (χ4n) is 1.76. The SMILES string of the molecule is NC(=O)CCN(CCC(N)=O)CCN1C(=O)C=CC1=O. The van der Waals surface area contributed by atoms with Gasteiger partial charge in [-0.2, -0.15) is 0 Å². The first-order valence-electron chi connectivity index (χ1n) is 6.22. The molecule has 110 valence electrons. The van der Waals surface area contributed by atoms with E-state index < -0.39 is 11.8 Å². The van der Waals surface area contributed by atoms with Crippen LogP contribution in [0.25, 0.3) is 0 Å². The number of primary amides is 2. The fourth-order valence-corrected chi connectivity index (χ4v) is 1.76. The first-order valence-corrected chi connectivity index (χ1v) is 6.22. The number of nitrogens with two attached hydrogens (primary N) is 2. The van der Waals surface area contributed by atoms with Gasteiger partial charge in [0, 0.05) is 51.2 Å². The molecule has 0 aliphatic carbocycles. The maximum absolute atomic E-state index is 11.4. The molecule has 0 aromatic heterocycles. The molecule has 0 fully saturated rings. The second kappa shape index (κ2) is 7.39. The largest absolute Gasteiger partial charge is 0.370 e. The van der Waals surface area contributed by atoms with Crippen molar-refractivity contribution in [2.24, 2.45) is 11.5 Å². The molecule has 1 aliphatic heterocycles. The first-order chi connectivity index (χ1) is 9.40. The smallest absolute Gasteiger partial charge is 0.253 e. The number of amides is 4. The molecule has 0 aromatic carbocycles. The molecule has 4 N–H and O–H groups in total. The highest BCUT2D eigenvalue weighted by Crippen LogP contribution is 2.04. The Labute approximate surface area is 116 Å². The van der Waals surface area contributed by atoms with Gasteiger partial charge in [-0.25, -0.2) is 0 Å². The van der Waals surface area contributed by atoms with Gasteiger partial charge in [-0.3, -0.25) is 24.1 Å². The summed E-state index contributed by atoms with van der Waals surface area (Å²) in [6.45, 7) is 1.26. The Morgan fingerprint density at radius 3 is 1.80 bits per heavy atom. The Morgan fingerprint density at radius 2 is 1.40 bits per heavy atom. The highest BCUT2D eigenvalue weighted by Gasteiger charge is 2.23. The van der Waals surface area contributed by atoms with Crippen LogP contribution in [0.1, 0.15) is 12.8 Å². The van der Waals surface area contributed by atoms with Gasteiger partial charge in [0.25, 0.3) is 11.8 Å². The number of hydrogen-bond donors (Lipinski definition) is 2. The summed E-state index contributed by atoms with van der Waals surface area (Å²) in [5.74, 6) is -1.63. The van der Waals surface area contributed by atoms with E-state index in [9.17, 15) is 19.2 Å². The molecule has 4 amide bonds. The van der Waals surface area contributed by atoms with Gasteiger partial charge in [0.1, 0.15) is 0 Å². The quantitative estimate of drug-likeness (QED) is 0.471. The van der Waals surface area contributed by atoms with Crippen molar-refractivity contribution in [2.75, 3.05) is 26.2 Å². The lowest BCUT2D eigenvalue weighted by Crippen LogP contribution is -2.40. The summed E-state index contributed by atoms with van der Waals surface area (Å²) in [4.78, 5) is 47.2. The van der Waals surface area contributed by atoms with Crippen LogP contribution in [0.5, 0.6) is 0 Å². The van der Waals surface area contributed by atoms with Gasteiger partial charge in [-0.15, -0.1) is 0 Å². The first kappa shape index (κ1) is 15.8. The molecule has 0 atom stereocenters. The minimum atomic E-state index is -0.455. The molecule has 1 rings (SSSR count). The Kier molecular flexibility index (Phi) is 5.85. The number of carbonyl (C=O) groups excluding carboxylic acids is 4. The Hall–Kier alpha value is -2.22. The van der Waals surface area contributed by atoms with Crippen LogP contribution in [0.3, 0.4) is 0 Å². The molecule has 0 saturated heterocycles. The van der Waals surface area contributed by atoms with Gasteiger partial charge in [-0.05, 0) is 0 Å². The van der Waals surface area contributed by atoms with Crippen molar-refractivity contribution in [3.63, 3.8) is 0 Å². The van der Waals surface area contributed by atoms with Crippen molar-refractivity contribution in [2.45, 2.75) is 12.8 Å². The van der Waals surface area contributed by atoms with Crippen LogP contribution in [0.15, 0.2) is 12.2 Å². The van der Waals surface area contributed by atoms with Crippen molar-refractivity contribution in [3.05, 3.63) is 12.2 Å². The number of carbonyl (C=O) groups is 4. The van der Waals surface area contributed by atoms with E-state index in [-0.39, 0.29) is 31.2 Å². The van der Waals surface area contributed by atoms with Crippen LogP contribution in [0, 0.1) is 0 Å². The molecule has 0 unspecified atom stereocenters. The van der Waals surface area contributed by atoms with Crippen molar-refractivity contribution >= 4 is 23.6 Å². The number of hydrogen-bond acceptors (Lipinski definition) is 5. The zero-order valence-electron chi connectivity index (χ0n) is 11.1. The Bertz CT molecular complexity index is 411. The zero-order chi connectivity index (χ0) is 15.1. The summed E-state index contributed by atoms with van der Waals surface area (Å²) >= 11 is 0.